The maximum atomic E-state index is 12.8. The van der Waals surface area contributed by atoms with Crippen LogP contribution in [0.5, 0.6) is 0 Å². The Kier molecular flexibility index (Phi) is 4.82. The number of nitrogens with zero attached hydrogens (tertiary/aromatic N) is 3. The van der Waals surface area contributed by atoms with Gasteiger partial charge >= 0.3 is 6.18 Å². The second-order valence-electron chi connectivity index (χ2n) is 5.85. The lowest BCUT2D eigenvalue weighted by Crippen LogP contribution is -2.38. The summed E-state index contributed by atoms with van der Waals surface area (Å²) >= 11 is 0. The molecule has 0 saturated carbocycles. The van der Waals surface area contributed by atoms with Crippen molar-refractivity contribution in [2.75, 3.05) is 19.7 Å². The van der Waals surface area contributed by atoms with E-state index in [1.807, 2.05) is 13.0 Å². The zero-order valence-electron chi connectivity index (χ0n) is 13.3. The number of morpholine rings is 1. The molecule has 128 valence electrons. The van der Waals surface area contributed by atoms with E-state index in [9.17, 15) is 13.2 Å². The van der Waals surface area contributed by atoms with Crippen molar-refractivity contribution in [2.24, 2.45) is 0 Å². The van der Waals surface area contributed by atoms with Crippen LogP contribution in [-0.4, -0.2) is 34.6 Å². The summed E-state index contributed by atoms with van der Waals surface area (Å²) in [5.74, 6) is 0.615. The molecule has 4 nitrogen and oxygen atoms in total. The van der Waals surface area contributed by atoms with Crippen LogP contribution in [0.3, 0.4) is 0 Å². The molecule has 0 aliphatic carbocycles. The van der Waals surface area contributed by atoms with Crippen LogP contribution in [0.15, 0.2) is 36.5 Å². The van der Waals surface area contributed by atoms with Crippen LogP contribution in [0.2, 0.25) is 0 Å². The lowest BCUT2D eigenvalue weighted by Gasteiger charge is -2.32. The van der Waals surface area contributed by atoms with Gasteiger partial charge in [0, 0.05) is 31.5 Å². The molecule has 1 aromatic carbocycles. The van der Waals surface area contributed by atoms with Gasteiger partial charge in [0.2, 0.25) is 0 Å². The van der Waals surface area contributed by atoms with E-state index in [1.54, 1.807) is 12.3 Å². The van der Waals surface area contributed by atoms with Crippen molar-refractivity contribution in [2.45, 2.75) is 25.7 Å². The van der Waals surface area contributed by atoms with E-state index in [0.717, 1.165) is 11.8 Å². The zero-order chi connectivity index (χ0) is 17.2. The highest BCUT2D eigenvalue weighted by Crippen LogP contribution is 2.30. The average molecular weight is 337 g/mol. The van der Waals surface area contributed by atoms with Gasteiger partial charge in [-0.1, -0.05) is 18.2 Å². The fraction of sp³-hybridized carbons (Fsp3) is 0.412. The maximum Gasteiger partial charge on any atom is 0.416 e. The molecular formula is C17H18F3N3O. The van der Waals surface area contributed by atoms with E-state index in [4.69, 9.17) is 4.74 Å². The number of hydrogen-bond donors (Lipinski definition) is 0. The summed E-state index contributed by atoms with van der Waals surface area (Å²) in [5, 5.41) is 0. The minimum Gasteiger partial charge on any atom is -0.368 e. The van der Waals surface area contributed by atoms with E-state index < -0.39 is 11.7 Å². The minimum atomic E-state index is -4.32. The van der Waals surface area contributed by atoms with Crippen molar-refractivity contribution < 1.29 is 17.9 Å². The van der Waals surface area contributed by atoms with Gasteiger partial charge in [-0.2, -0.15) is 13.2 Å². The molecule has 0 N–H and O–H groups in total. The average Bonchev–Trinajstić information content (AvgIpc) is 2.55. The standard InChI is InChI=1S/C17H18F3N3O/c1-12-5-6-21-16(22-12)15-11-23(7-8-24-15)10-13-3-2-4-14(9-13)17(18,19)20/h2-6,9,15H,7-8,10-11H2,1H3. The van der Waals surface area contributed by atoms with E-state index in [-0.39, 0.29) is 6.10 Å². The quantitative estimate of drug-likeness (QED) is 0.861. The third-order valence-electron chi connectivity index (χ3n) is 3.91. The Labute approximate surface area is 138 Å². The van der Waals surface area contributed by atoms with E-state index in [1.165, 1.54) is 12.1 Å². The summed E-state index contributed by atoms with van der Waals surface area (Å²) in [6.45, 7) is 4.04. The molecule has 0 amide bonds. The van der Waals surface area contributed by atoms with Crippen molar-refractivity contribution in [1.29, 1.82) is 0 Å². The van der Waals surface area contributed by atoms with E-state index >= 15 is 0 Å². The number of hydrogen-bond acceptors (Lipinski definition) is 4. The summed E-state index contributed by atoms with van der Waals surface area (Å²) in [6, 6.07) is 7.26. The lowest BCUT2D eigenvalue weighted by atomic mass is 10.1. The largest absolute Gasteiger partial charge is 0.416 e. The molecule has 24 heavy (non-hydrogen) atoms. The van der Waals surface area contributed by atoms with Gasteiger partial charge in [-0.15, -0.1) is 0 Å². The van der Waals surface area contributed by atoms with Gasteiger partial charge in [-0.3, -0.25) is 4.90 Å². The summed E-state index contributed by atoms with van der Waals surface area (Å²) in [4.78, 5) is 10.7. The van der Waals surface area contributed by atoms with Crippen LogP contribution >= 0.6 is 0 Å². The molecule has 3 rings (SSSR count). The Morgan fingerprint density at radius 2 is 2.12 bits per heavy atom. The molecule has 0 spiro atoms. The molecule has 1 fully saturated rings. The summed E-state index contributed by atoms with van der Waals surface area (Å²) in [5.41, 5.74) is 0.876. The molecule has 1 saturated heterocycles. The Hall–Kier alpha value is -1.99. The molecule has 1 unspecified atom stereocenters. The predicted molar refractivity (Wildman–Crippen MR) is 82.2 cm³/mol. The fourth-order valence-corrected chi connectivity index (χ4v) is 2.73. The van der Waals surface area contributed by atoms with Crippen molar-refractivity contribution in [3.63, 3.8) is 0 Å². The number of ether oxygens (including phenoxy) is 1. The monoisotopic (exact) mass is 337 g/mol. The van der Waals surface area contributed by atoms with Gasteiger partial charge < -0.3 is 4.74 Å². The first-order valence-electron chi connectivity index (χ1n) is 7.71. The van der Waals surface area contributed by atoms with Gasteiger partial charge in [-0.05, 0) is 24.6 Å². The topological polar surface area (TPSA) is 38.2 Å². The fourth-order valence-electron chi connectivity index (χ4n) is 2.73. The molecule has 2 heterocycles. The molecule has 7 heteroatoms. The van der Waals surface area contributed by atoms with Gasteiger partial charge in [-0.25, -0.2) is 9.97 Å². The van der Waals surface area contributed by atoms with Crippen LogP contribution < -0.4 is 0 Å². The van der Waals surface area contributed by atoms with Gasteiger partial charge in [0.15, 0.2) is 5.82 Å². The molecule has 0 radical (unpaired) electrons. The Bertz CT molecular complexity index is 705. The smallest absolute Gasteiger partial charge is 0.368 e. The minimum absolute atomic E-state index is 0.260. The first-order valence-corrected chi connectivity index (χ1v) is 7.71. The number of halogens is 3. The predicted octanol–water partition coefficient (Wildman–Crippen LogP) is 3.38. The molecule has 0 bridgehead atoms. The van der Waals surface area contributed by atoms with Gasteiger partial charge in [0.25, 0.3) is 0 Å². The molecule has 1 aromatic heterocycles. The zero-order valence-corrected chi connectivity index (χ0v) is 13.3. The number of aryl methyl sites for hydroxylation is 1. The Morgan fingerprint density at radius 3 is 2.88 bits per heavy atom. The third-order valence-corrected chi connectivity index (χ3v) is 3.91. The Morgan fingerprint density at radius 1 is 1.29 bits per heavy atom. The van der Waals surface area contributed by atoms with Crippen LogP contribution in [-0.2, 0) is 17.5 Å². The summed E-state index contributed by atoms with van der Waals surface area (Å²) < 4.78 is 44.2. The second-order valence-corrected chi connectivity index (χ2v) is 5.85. The van der Waals surface area contributed by atoms with Crippen LogP contribution in [0.25, 0.3) is 0 Å². The summed E-state index contributed by atoms with van der Waals surface area (Å²) in [7, 11) is 0. The first kappa shape index (κ1) is 16.9. The van der Waals surface area contributed by atoms with Crippen molar-refractivity contribution >= 4 is 0 Å². The highest BCUT2D eigenvalue weighted by molar-refractivity contribution is 5.25. The number of aromatic nitrogens is 2. The number of benzene rings is 1. The van der Waals surface area contributed by atoms with Crippen molar-refractivity contribution in [3.8, 4) is 0 Å². The first-order chi connectivity index (χ1) is 11.4. The van der Waals surface area contributed by atoms with Crippen LogP contribution in [0.1, 0.15) is 28.7 Å². The van der Waals surface area contributed by atoms with Crippen molar-refractivity contribution in [3.05, 3.63) is 59.2 Å². The Balaban J connectivity index is 1.70. The van der Waals surface area contributed by atoms with Crippen molar-refractivity contribution in [1.82, 2.24) is 14.9 Å². The number of alkyl halides is 3. The van der Waals surface area contributed by atoms with Crippen LogP contribution in [0.4, 0.5) is 13.2 Å². The molecule has 1 atom stereocenters. The van der Waals surface area contributed by atoms with Gasteiger partial charge in [0.05, 0.1) is 12.2 Å². The highest BCUT2D eigenvalue weighted by atomic mass is 19.4. The summed E-state index contributed by atoms with van der Waals surface area (Å²) in [6.07, 6.45) is -2.89. The maximum absolute atomic E-state index is 12.8. The van der Waals surface area contributed by atoms with E-state index in [0.29, 0.717) is 37.6 Å². The van der Waals surface area contributed by atoms with E-state index in [2.05, 4.69) is 14.9 Å². The molecule has 2 aromatic rings. The molecular weight excluding hydrogens is 319 g/mol. The third kappa shape index (κ3) is 4.10. The van der Waals surface area contributed by atoms with Gasteiger partial charge in [0.1, 0.15) is 6.10 Å². The normalized spacial score (nSPS) is 19.4. The second kappa shape index (κ2) is 6.86. The lowest BCUT2D eigenvalue weighted by molar-refractivity contribution is -0.137. The molecule has 1 aliphatic rings. The number of rotatable bonds is 3. The highest BCUT2D eigenvalue weighted by Gasteiger charge is 2.31. The van der Waals surface area contributed by atoms with Crippen LogP contribution in [0, 0.1) is 6.92 Å². The molecule has 1 aliphatic heterocycles. The SMILES string of the molecule is Cc1ccnc(C2CN(Cc3cccc(C(F)(F)F)c3)CCO2)n1.